The lowest BCUT2D eigenvalue weighted by Crippen LogP contribution is -2.55. The number of halogens is 1. The SMILES string of the molecule is COC(=O)[C@@H]1C[C@@H](OCCCOCc2ccccc2)CN1C(=O)[C@@H](N)C1CCCCC1.COC(=O)[C@@H]1C[C@@H](OCCCOCc2ccccc2)CN1C(=O)[C@@H](NC(=O)OC(C)(C)C)C1CCCCC1.Cl. The summed E-state index contributed by atoms with van der Waals surface area (Å²) in [5, 5.41) is 2.83. The van der Waals surface area contributed by atoms with Gasteiger partial charge in [0.15, 0.2) is 0 Å². The fourth-order valence-corrected chi connectivity index (χ4v) is 9.74. The van der Waals surface area contributed by atoms with Crippen molar-refractivity contribution in [3.05, 3.63) is 71.8 Å². The van der Waals surface area contributed by atoms with Crippen LogP contribution in [0.5, 0.6) is 0 Å². The van der Waals surface area contributed by atoms with Crippen LogP contribution in [0.15, 0.2) is 60.7 Å². The molecule has 392 valence electrons. The summed E-state index contributed by atoms with van der Waals surface area (Å²) in [7, 11) is 2.67. The first kappa shape index (κ1) is 58.3. The van der Waals surface area contributed by atoms with Gasteiger partial charge < -0.3 is 54.0 Å². The van der Waals surface area contributed by atoms with Gasteiger partial charge in [-0.1, -0.05) is 99.2 Å². The molecule has 2 aromatic rings. The first-order valence-corrected chi connectivity index (χ1v) is 25.3. The van der Waals surface area contributed by atoms with Crippen molar-refractivity contribution in [2.24, 2.45) is 17.6 Å². The normalized spacial score (nSPS) is 21.6. The molecule has 2 aromatic carbocycles. The van der Waals surface area contributed by atoms with Gasteiger partial charge in [0.05, 0.1) is 45.7 Å². The van der Waals surface area contributed by atoms with Gasteiger partial charge in [0.1, 0.15) is 23.7 Å². The minimum atomic E-state index is -0.762. The molecule has 70 heavy (non-hydrogen) atoms. The monoisotopic (exact) mass is 1000 g/mol. The molecule has 2 saturated carbocycles. The summed E-state index contributed by atoms with van der Waals surface area (Å²) in [6, 6.07) is 17.3. The van der Waals surface area contributed by atoms with E-state index in [9.17, 15) is 24.0 Å². The largest absolute Gasteiger partial charge is 0.467 e. The van der Waals surface area contributed by atoms with E-state index < -0.39 is 47.8 Å². The Bertz CT molecular complexity index is 1860. The van der Waals surface area contributed by atoms with Crippen LogP contribution in [0, 0.1) is 11.8 Å². The number of ether oxygens (including phenoxy) is 7. The van der Waals surface area contributed by atoms with Gasteiger partial charge in [-0.3, -0.25) is 9.59 Å². The second-order valence-electron chi connectivity index (χ2n) is 19.7. The third-order valence-corrected chi connectivity index (χ3v) is 13.3. The van der Waals surface area contributed by atoms with Crippen molar-refractivity contribution >= 4 is 42.3 Å². The zero-order valence-corrected chi connectivity index (χ0v) is 43.0. The van der Waals surface area contributed by atoms with E-state index in [1.54, 1.807) is 25.7 Å². The summed E-state index contributed by atoms with van der Waals surface area (Å²) in [6.07, 6.45) is 11.3. The van der Waals surface area contributed by atoms with Crippen LogP contribution in [0.2, 0.25) is 0 Å². The maximum absolute atomic E-state index is 13.8. The summed E-state index contributed by atoms with van der Waals surface area (Å²) in [4.78, 5) is 67.6. The fourth-order valence-electron chi connectivity index (χ4n) is 9.74. The Morgan fingerprint density at radius 1 is 0.629 bits per heavy atom. The Labute approximate surface area is 422 Å². The number of hydrogen-bond donors (Lipinski definition) is 2. The number of benzene rings is 2. The lowest BCUT2D eigenvalue weighted by molar-refractivity contribution is -0.152. The smallest absolute Gasteiger partial charge is 0.408 e. The van der Waals surface area contributed by atoms with Crippen molar-refractivity contribution in [2.75, 3.05) is 53.7 Å². The molecule has 3 amide bonds. The number of nitrogens with one attached hydrogen (secondary N) is 1. The molecule has 3 N–H and O–H groups in total. The molecule has 2 aliphatic heterocycles. The Morgan fingerprint density at radius 2 is 1.06 bits per heavy atom. The van der Waals surface area contributed by atoms with Gasteiger partial charge in [-0.15, -0.1) is 12.4 Å². The number of hydrogen-bond acceptors (Lipinski definition) is 13. The second-order valence-corrected chi connectivity index (χ2v) is 19.7. The highest BCUT2D eigenvalue weighted by Crippen LogP contribution is 2.32. The van der Waals surface area contributed by atoms with Gasteiger partial charge in [0.25, 0.3) is 0 Å². The molecule has 6 atom stereocenters. The molecule has 0 bridgehead atoms. The van der Waals surface area contributed by atoms with Gasteiger partial charge in [-0.05, 0) is 82.3 Å². The maximum Gasteiger partial charge on any atom is 0.408 e. The Morgan fingerprint density at radius 3 is 1.49 bits per heavy atom. The molecule has 16 nitrogen and oxygen atoms in total. The quantitative estimate of drug-likeness (QED) is 0.0719. The van der Waals surface area contributed by atoms with Crippen LogP contribution in [0.3, 0.4) is 0 Å². The average Bonchev–Trinajstić information content (AvgIpc) is 4.00. The van der Waals surface area contributed by atoms with Crippen LogP contribution in [0.25, 0.3) is 0 Å². The fraction of sp³-hybridized carbons (Fsp3) is 0.679. The summed E-state index contributed by atoms with van der Waals surface area (Å²) in [5.74, 6) is -1.13. The molecule has 0 radical (unpaired) electrons. The average molecular weight is 1000 g/mol. The molecule has 0 aromatic heterocycles. The van der Waals surface area contributed by atoms with Crippen LogP contribution in [-0.2, 0) is 65.5 Å². The number of amides is 3. The van der Waals surface area contributed by atoms with Crippen LogP contribution in [-0.4, -0.2) is 135 Å². The van der Waals surface area contributed by atoms with Gasteiger partial charge in [-0.2, -0.15) is 0 Å². The number of carbonyl (C=O) groups is 5. The van der Waals surface area contributed by atoms with Gasteiger partial charge in [0.2, 0.25) is 11.8 Å². The lowest BCUT2D eigenvalue weighted by Gasteiger charge is -2.34. The first-order valence-electron chi connectivity index (χ1n) is 25.3. The molecule has 0 spiro atoms. The Hall–Kier alpha value is -4.32. The number of rotatable bonds is 21. The molecular formula is C53H81ClN4O12. The molecule has 2 saturated heterocycles. The van der Waals surface area contributed by atoms with Gasteiger partial charge in [-0.25, -0.2) is 14.4 Å². The second kappa shape index (κ2) is 30.5. The van der Waals surface area contributed by atoms with Crippen molar-refractivity contribution in [2.45, 2.75) is 166 Å². The van der Waals surface area contributed by atoms with E-state index in [0.717, 1.165) is 75.3 Å². The molecule has 2 heterocycles. The number of esters is 2. The molecule has 0 unspecified atom stereocenters. The summed E-state index contributed by atoms with van der Waals surface area (Å²) < 4.78 is 38.8. The molecule has 6 rings (SSSR count). The van der Waals surface area contributed by atoms with E-state index in [4.69, 9.17) is 38.9 Å². The Balaban J connectivity index is 0.000000306. The zero-order valence-electron chi connectivity index (χ0n) is 42.2. The van der Waals surface area contributed by atoms with E-state index in [2.05, 4.69) is 5.32 Å². The highest BCUT2D eigenvalue weighted by Gasteiger charge is 2.46. The molecular weight excluding hydrogens is 920 g/mol. The summed E-state index contributed by atoms with van der Waals surface area (Å²) in [6.45, 7) is 9.24. The van der Waals surface area contributed by atoms with Crippen LogP contribution in [0.4, 0.5) is 4.79 Å². The van der Waals surface area contributed by atoms with Gasteiger partial charge >= 0.3 is 18.0 Å². The van der Waals surface area contributed by atoms with Crippen LogP contribution in [0.1, 0.15) is 122 Å². The van der Waals surface area contributed by atoms with Crippen LogP contribution < -0.4 is 11.1 Å². The lowest BCUT2D eigenvalue weighted by atomic mass is 9.83. The predicted molar refractivity (Wildman–Crippen MR) is 267 cm³/mol. The number of alkyl carbamates (subject to hydrolysis) is 1. The van der Waals surface area contributed by atoms with Crippen molar-refractivity contribution < 1.29 is 57.1 Å². The predicted octanol–water partition coefficient (Wildman–Crippen LogP) is 7.31. The molecule has 2 aliphatic carbocycles. The summed E-state index contributed by atoms with van der Waals surface area (Å²) in [5.41, 5.74) is 7.90. The van der Waals surface area contributed by atoms with E-state index in [0.29, 0.717) is 65.4 Å². The van der Waals surface area contributed by atoms with E-state index in [1.807, 2.05) is 60.7 Å². The van der Waals surface area contributed by atoms with Gasteiger partial charge in [0, 0.05) is 52.4 Å². The van der Waals surface area contributed by atoms with E-state index >= 15 is 0 Å². The topological polar surface area (TPSA) is 194 Å². The molecule has 4 aliphatic rings. The third kappa shape index (κ3) is 19.0. The maximum atomic E-state index is 13.8. The molecule has 17 heteroatoms. The third-order valence-electron chi connectivity index (χ3n) is 13.3. The van der Waals surface area contributed by atoms with Crippen molar-refractivity contribution in [3.63, 3.8) is 0 Å². The zero-order chi connectivity index (χ0) is 49.6. The number of likely N-dealkylation sites (tertiary alicyclic amines) is 2. The summed E-state index contributed by atoms with van der Waals surface area (Å²) >= 11 is 0. The molecule has 4 fully saturated rings. The van der Waals surface area contributed by atoms with Crippen LogP contribution >= 0.6 is 12.4 Å². The highest BCUT2D eigenvalue weighted by atomic mass is 35.5. The van der Waals surface area contributed by atoms with Crippen molar-refractivity contribution in [1.82, 2.24) is 15.1 Å². The standard InChI is InChI=1S/C29H44N2O7.C24H36N2O5.ClH/c1-29(2,3)38-28(34)30-25(22-14-9-6-10-15-22)26(32)31-19-23(18-24(31)27(33)35-4)37-17-11-16-36-20-21-12-7-5-8-13-21;1-29-24(28)21-15-20(31-14-8-13-30-17-18-9-4-2-5-10-18)16-26(21)23(27)22(25)19-11-6-3-7-12-19;/h5,7-8,12-13,22-25H,6,9-11,14-20H2,1-4H3,(H,30,34);2,4-5,9-10,19-22H,3,6-8,11-17,25H2,1H3;1H/t23-,24+,25+;20-,21+,22+;/m11./s1. The van der Waals surface area contributed by atoms with Crippen molar-refractivity contribution in [1.29, 1.82) is 0 Å². The Kier molecular flexibility index (Phi) is 25.4. The minimum absolute atomic E-state index is 0. The number of methoxy groups -OCH3 is 2. The van der Waals surface area contributed by atoms with E-state index in [1.165, 1.54) is 25.5 Å². The van der Waals surface area contributed by atoms with Crippen molar-refractivity contribution in [3.8, 4) is 0 Å². The number of nitrogens with two attached hydrogens (primary N) is 1. The first-order chi connectivity index (χ1) is 33.3. The highest BCUT2D eigenvalue weighted by molar-refractivity contribution is 5.91. The number of nitrogens with zero attached hydrogens (tertiary/aromatic N) is 2. The number of carbonyl (C=O) groups excluding carboxylic acids is 5. The van der Waals surface area contributed by atoms with E-state index in [-0.39, 0.29) is 54.8 Å². The minimum Gasteiger partial charge on any atom is -0.467 e.